The maximum Gasteiger partial charge on any atom is 0.124 e. The number of anilines is 1. The SMILES string of the molecule is Cc1ccc2nc(-c3ccc(NCc4cc(Cl)ccc4OCc4c(Cl)cccc4Cl)cc3)sc2c1. The molecule has 7 heteroatoms. The normalized spacial score (nSPS) is 11.1. The molecule has 0 bridgehead atoms. The van der Waals surface area contributed by atoms with Crippen molar-refractivity contribution in [3.8, 4) is 16.3 Å². The number of aryl methyl sites for hydroxylation is 1. The fourth-order valence-corrected chi connectivity index (χ4v) is 5.50. The average Bonchev–Trinajstić information content (AvgIpc) is 3.27. The Bertz CT molecular complexity index is 1480. The number of rotatable bonds is 7. The lowest BCUT2D eigenvalue weighted by atomic mass is 10.1. The molecule has 3 nitrogen and oxygen atoms in total. The van der Waals surface area contributed by atoms with E-state index in [0.717, 1.165) is 38.7 Å². The van der Waals surface area contributed by atoms with Crippen molar-refractivity contribution < 1.29 is 4.74 Å². The molecule has 0 saturated carbocycles. The molecule has 0 saturated heterocycles. The Morgan fingerprint density at radius 2 is 1.66 bits per heavy atom. The summed E-state index contributed by atoms with van der Waals surface area (Å²) in [5, 5.41) is 6.27. The predicted molar refractivity (Wildman–Crippen MR) is 149 cm³/mol. The number of hydrogen-bond donors (Lipinski definition) is 1. The van der Waals surface area contributed by atoms with Crippen molar-refractivity contribution in [3.63, 3.8) is 0 Å². The summed E-state index contributed by atoms with van der Waals surface area (Å²) in [6.07, 6.45) is 0. The first-order valence-electron chi connectivity index (χ1n) is 11.0. The van der Waals surface area contributed by atoms with Gasteiger partial charge in [-0.05, 0) is 79.2 Å². The van der Waals surface area contributed by atoms with E-state index in [1.54, 1.807) is 23.5 Å². The number of benzene rings is 4. The molecule has 4 aromatic carbocycles. The van der Waals surface area contributed by atoms with Crippen LogP contribution < -0.4 is 10.1 Å². The zero-order valence-electron chi connectivity index (χ0n) is 18.8. The van der Waals surface area contributed by atoms with Crippen LogP contribution in [0.2, 0.25) is 15.1 Å². The highest BCUT2D eigenvalue weighted by Gasteiger charge is 2.11. The standard InChI is InChI=1S/C28H21Cl3N2OS/c1-17-5-11-25-27(13-17)35-28(33-25)18-6-9-21(10-7-18)32-15-19-14-20(29)8-12-26(19)34-16-22-23(30)3-2-4-24(22)31/h2-14,32H,15-16H2,1H3. The molecule has 1 heterocycles. The van der Waals surface area contributed by atoms with E-state index in [-0.39, 0.29) is 6.61 Å². The van der Waals surface area contributed by atoms with Gasteiger partial charge >= 0.3 is 0 Å². The van der Waals surface area contributed by atoms with Gasteiger partial charge in [0.05, 0.1) is 10.2 Å². The van der Waals surface area contributed by atoms with Crippen LogP contribution in [-0.4, -0.2) is 4.98 Å². The zero-order valence-corrected chi connectivity index (χ0v) is 21.9. The van der Waals surface area contributed by atoms with Crippen LogP contribution in [0.25, 0.3) is 20.8 Å². The summed E-state index contributed by atoms with van der Waals surface area (Å²) in [7, 11) is 0. The van der Waals surface area contributed by atoms with Gasteiger partial charge in [0.25, 0.3) is 0 Å². The number of ether oxygens (including phenoxy) is 1. The molecule has 1 aromatic heterocycles. The Morgan fingerprint density at radius 3 is 2.43 bits per heavy atom. The van der Waals surface area contributed by atoms with Gasteiger partial charge in [-0.15, -0.1) is 11.3 Å². The molecule has 5 aromatic rings. The lowest BCUT2D eigenvalue weighted by Gasteiger charge is -2.15. The van der Waals surface area contributed by atoms with E-state index in [4.69, 9.17) is 44.5 Å². The fraction of sp³-hybridized carbons (Fsp3) is 0.107. The molecule has 35 heavy (non-hydrogen) atoms. The van der Waals surface area contributed by atoms with Gasteiger partial charge in [-0.25, -0.2) is 4.98 Å². The Balaban J connectivity index is 1.29. The predicted octanol–water partition coefficient (Wildman–Crippen LogP) is 9.42. The van der Waals surface area contributed by atoms with E-state index >= 15 is 0 Å². The summed E-state index contributed by atoms with van der Waals surface area (Å²) in [6.45, 7) is 2.91. The molecule has 176 valence electrons. The summed E-state index contributed by atoms with van der Waals surface area (Å²) in [5.74, 6) is 0.722. The average molecular weight is 540 g/mol. The van der Waals surface area contributed by atoms with E-state index in [0.29, 0.717) is 21.6 Å². The van der Waals surface area contributed by atoms with Gasteiger partial charge in [0, 0.05) is 44.0 Å². The van der Waals surface area contributed by atoms with Gasteiger partial charge < -0.3 is 10.1 Å². The highest BCUT2D eigenvalue weighted by molar-refractivity contribution is 7.21. The van der Waals surface area contributed by atoms with Gasteiger partial charge in [0.1, 0.15) is 17.4 Å². The third-order valence-corrected chi connectivity index (χ3v) is 7.63. The number of thiazole rings is 1. The molecule has 0 unspecified atom stereocenters. The molecule has 0 radical (unpaired) electrons. The third kappa shape index (κ3) is 5.57. The molecular formula is C28H21Cl3N2OS. The van der Waals surface area contributed by atoms with E-state index in [1.165, 1.54) is 10.3 Å². The zero-order chi connectivity index (χ0) is 24.4. The molecule has 0 amide bonds. The van der Waals surface area contributed by atoms with E-state index in [9.17, 15) is 0 Å². The number of fused-ring (bicyclic) bond motifs is 1. The topological polar surface area (TPSA) is 34.2 Å². The van der Waals surface area contributed by atoms with E-state index in [1.807, 2.05) is 24.3 Å². The van der Waals surface area contributed by atoms with E-state index in [2.05, 4.69) is 54.7 Å². The molecule has 0 spiro atoms. The third-order valence-electron chi connectivity index (χ3n) is 5.61. The second-order valence-electron chi connectivity index (χ2n) is 8.16. The van der Waals surface area contributed by atoms with Crippen LogP contribution in [-0.2, 0) is 13.2 Å². The van der Waals surface area contributed by atoms with Crippen molar-refractivity contribution in [2.24, 2.45) is 0 Å². The van der Waals surface area contributed by atoms with Crippen LogP contribution in [0.5, 0.6) is 5.75 Å². The number of hydrogen-bond acceptors (Lipinski definition) is 4. The number of nitrogens with zero attached hydrogens (tertiary/aromatic N) is 1. The second kappa shape index (κ2) is 10.5. The second-order valence-corrected chi connectivity index (χ2v) is 10.4. The van der Waals surface area contributed by atoms with E-state index < -0.39 is 0 Å². The molecule has 0 aliphatic heterocycles. The lowest BCUT2D eigenvalue weighted by molar-refractivity contribution is 0.303. The summed E-state index contributed by atoms with van der Waals surface area (Å²) >= 11 is 20.5. The van der Waals surface area contributed by atoms with Crippen LogP contribution in [0.1, 0.15) is 16.7 Å². The summed E-state index contributed by atoms with van der Waals surface area (Å²) in [5.41, 5.74) is 6.05. The maximum atomic E-state index is 6.29. The Kier molecular flexibility index (Phi) is 7.17. The number of aromatic nitrogens is 1. The van der Waals surface area contributed by atoms with Crippen LogP contribution in [0.3, 0.4) is 0 Å². The summed E-state index contributed by atoms with van der Waals surface area (Å²) in [6, 6.07) is 25.6. The molecular weight excluding hydrogens is 519 g/mol. The van der Waals surface area contributed by atoms with Crippen molar-refractivity contribution >= 4 is 62.0 Å². The minimum Gasteiger partial charge on any atom is -0.488 e. The van der Waals surface area contributed by atoms with Gasteiger partial charge in [-0.2, -0.15) is 0 Å². The first-order chi connectivity index (χ1) is 17.0. The lowest BCUT2D eigenvalue weighted by Crippen LogP contribution is -2.04. The van der Waals surface area contributed by atoms with Crippen LogP contribution in [0.4, 0.5) is 5.69 Å². The first-order valence-corrected chi connectivity index (χ1v) is 13.0. The van der Waals surface area contributed by atoms with Crippen molar-refractivity contribution in [1.29, 1.82) is 0 Å². The van der Waals surface area contributed by atoms with Crippen LogP contribution in [0.15, 0.2) is 78.9 Å². The monoisotopic (exact) mass is 538 g/mol. The molecule has 1 N–H and O–H groups in total. The number of nitrogens with one attached hydrogen (secondary N) is 1. The number of halogens is 3. The maximum absolute atomic E-state index is 6.29. The molecule has 0 aliphatic rings. The van der Waals surface area contributed by atoms with Crippen molar-refractivity contribution in [2.45, 2.75) is 20.1 Å². The molecule has 0 atom stereocenters. The van der Waals surface area contributed by atoms with Crippen molar-refractivity contribution in [2.75, 3.05) is 5.32 Å². The Morgan fingerprint density at radius 1 is 0.886 bits per heavy atom. The largest absolute Gasteiger partial charge is 0.488 e. The molecule has 0 fully saturated rings. The minimum atomic E-state index is 0.267. The Labute approximate surface area is 223 Å². The molecule has 5 rings (SSSR count). The quantitative estimate of drug-likeness (QED) is 0.224. The van der Waals surface area contributed by atoms with Gasteiger partial charge in [0.15, 0.2) is 0 Å². The van der Waals surface area contributed by atoms with Crippen molar-refractivity contribution in [1.82, 2.24) is 4.98 Å². The highest BCUT2D eigenvalue weighted by Crippen LogP contribution is 2.32. The van der Waals surface area contributed by atoms with Gasteiger partial charge in [0.2, 0.25) is 0 Å². The Hall–Kier alpha value is -2.76. The first kappa shape index (κ1) is 24.0. The highest BCUT2D eigenvalue weighted by atomic mass is 35.5. The van der Waals surface area contributed by atoms with Gasteiger partial charge in [-0.3, -0.25) is 0 Å². The molecule has 0 aliphatic carbocycles. The minimum absolute atomic E-state index is 0.267. The van der Waals surface area contributed by atoms with Crippen LogP contribution in [0, 0.1) is 6.92 Å². The van der Waals surface area contributed by atoms with Gasteiger partial charge in [-0.1, -0.05) is 46.9 Å². The fourth-order valence-electron chi connectivity index (χ4n) is 3.73. The van der Waals surface area contributed by atoms with Crippen LogP contribution >= 0.6 is 46.1 Å². The van der Waals surface area contributed by atoms with Crippen molar-refractivity contribution in [3.05, 3.63) is 111 Å². The summed E-state index contributed by atoms with van der Waals surface area (Å²) in [4.78, 5) is 4.77. The smallest absolute Gasteiger partial charge is 0.124 e. The summed E-state index contributed by atoms with van der Waals surface area (Å²) < 4.78 is 7.27.